The topological polar surface area (TPSA) is 3.88 Å². The van der Waals surface area contributed by atoms with Crippen LogP contribution in [-0.4, -0.2) is 25.1 Å². The van der Waals surface area contributed by atoms with Crippen LogP contribution in [0.2, 0.25) is 0 Å². The molecule has 2 heterocycles. The molecular weight excluding hydrogens is 280 g/mol. The fourth-order valence-electron chi connectivity index (χ4n) is 4.07. The normalized spacial score (nSPS) is 20.0. The summed E-state index contributed by atoms with van der Waals surface area (Å²) >= 11 is 0. The molecule has 0 amide bonds. The largest absolute Gasteiger partial charge is 0.322 e. The maximum atomic E-state index is 2.42. The minimum Gasteiger partial charge on any atom is -0.322 e. The summed E-state index contributed by atoms with van der Waals surface area (Å²) in [5, 5.41) is 0. The first-order valence-electron chi connectivity index (χ1n) is 9.95. The van der Waals surface area contributed by atoms with Gasteiger partial charge in [-0.05, 0) is 12.5 Å². The molecule has 0 unspecified atom stereocenters. The van der Waals surface area contributed by atoms with E-state index < -0.39 is 0 Å². The summed E-state index contributed by atoms with van der Waals surface area (Å²) in [6.07, 6.45) is 18.6. The van der Waals surface area contributed by atoms with Crippen LogP contribution in [0.4, 0.5) is 0 Å². The number of quaternary nitrogens is 1. The number of pyridine rings is 1. The molecule has 1 aromatic heterocycles. The minimum atomic E-state index is 0.695. The van der Waals surface area contributed by atoms with Gasteiger partial charge in [0.2, 0.25) is 0 Å². The Balaban J connectivity index is 1.71. The molecule has 1 saturated heterocycles. The van der Waals surface area contributed by atoms with E-state index in [1.54, 1.807) is 0 Å². The molecule has 1 aliphatic heterocycles. The van der Waals surface area contributed by atoms with Gasteiger partial charge in [0.25, 0.3) is 0 Å². The Morgan fingerprint density at radius 1 is 1.04 bits per heavy atom. The van der Waals surface area contributed by atoms with Crippen molar-refractivity contribution in [1.29, 1.82) is 0 Å². The molecule has 2 nitrogen and oxygen atoms in total. The molecule has 0 radical (unpaired) electrons. The monoisotopic (exact) mass is 318 g/mol. The highest BCUT2D eigenvalue weighted by Crippen LogP contribution is 2.35. The highest BCUT2D eigenvalue weighted by molar-refractivity contribution is 5.10. The summed E-state index contributed by atoms with van der Waals surface area (Å²) in [5.74, 6) is 0. The first-order valence-corrected chi connectivity index (χ1v) is 9.95. The molecule has 0 spiro atoms. The lowest BCUT2D eigenvalue weighted by molar-refractivity contribution is -0.908. The van der Waals surface area contributed by atoms with Crippen molar-refractivity contribution >= 4 is 0 Å². The first-order chi connectivity index (χ1) is 11.1. The number of rotatable bonds is 10. The zero-order valence-electron chi connectivity index (χ0n) is 15.8. The van der Waals surface area contributed by atoms with Crippen LogP contribution in [0.1, 0.15) is 82.7 Å². The van der Waals surface area contributed by atoms with Crippen molar-refractivity contribution < 1.29 is 9.05 Å². The van der Waals surface area contributed by atoms with E-state index in [-0.39, 0.29) is 0 Å². The lowest BCUT2D eigenvalue weighted by Gasteiger charge is -2.31. The quantitative estimate of drug-likeness (QED) is 0.324. The number of unbranched alkanes of at least 4 members (excludes halogenated alkanes) is 7. The molecule has 130 valence electrons. The van der Waals surface area contributed by atoms with Crippen LogP contribution in [0, 0.1) is 0 Å². The van der Waals surface area contributed by atoms with E-state index in [0.717, 1.165) is 4.48 Å². The molecule has 0 bridgehead atoms. The second-order valence-electron chi connectivity index (χ2n) is 8.01. The summed E-state index contributed by atoms with van der Waals surface area (Å²) in [4.78, 5) is 0. The molecule has 1 atom stereocenters. The van der Waals surface area contributed by atoms with E-state index >= 15 is 0 Å². The first kappa shape index (κ1) is 18.4. The maximum absolute atomic E-state index is 2.42. The average Bonchev–Trinajstić information content (AvgIpc) is 2.89. The molecule has 2 heteroatoms. The number of hydrogen-bond acceptors (Lipinski definition) is 0. The number of hydrogen-bond donors (Lipinski definition) is 0. The molecule has 1 aromatic rings. The highest BCUT2D eigenvalue weighted by atomic mass is 15.3. The lowest BCUT2D eigenvalue weighted by atomic mass is 10.1. The molecule has 0 aromatic carbocycles. The second kappa shape index (κ2) is 9.42. The van der Waals surface area contributed by atoms with Gasteiger partial charge in [-0.1, -0.05) is 45.4 Å². The van der Waals surface area contributed by atoms with Crippen molar-refractivity contribution in [3.8, 4) is 0 Å². The lowest BCUT2D eigenvalue weighted by Crippen LogP contribution is -2.40. The molecule has 23 heavy (non-hydrogen) atoms. The van der Waals surface area contributed by atoms with Gasteiger partial charge in [-0.25, -0.2) is 4.57 Å². The Labute approximate surface area is 144 Å². The van der Waals surface area contributed by atoms with E-state index in [4.69, 9.17) is 0 Å². The predicted molar refractivity (Wildman–Crippen MR) is 98.2 cm³/mol. The SMILES string of the molecule is CCCCCCCCCC[n+]1cccc([C@@H]2CCC[N+]2(C)C)c1. The maximum Gasteiger partial charge on any atom is 0.177 e. The summed E-state index contributed by atoms with van der Waals surface area (Å²) in [6, 6.07) is 5.28. The van der Waals surface area contributed by atoms with Crippen LogP contribution in [0.3, 0.4) is 0 Å². The van der Waals surface area contributed by atoms with Crippen molar-refractivity contribution in [2.24, 2.45) is 0 Å². The molecule has 0 aliphatic carbocycles. The van der Waals surface area contributed by atoms with Crippen LogP contribution in [-0.2, 0) is 6.54 Å². The fraction of sp³-hybridized carbons (Fsp3) is 0.762. The van der Waals surface area contributed by atoms with Crippen molar-refractivity contribution in [2.45, 2.75) is 83.7 Å². The molecule has 1 aliphatic rings. The van der Waals surface area contributed by atoms with Gasteiger partial charge in [0.15, 0.2) is 12.4 Å². The molecular formula is C21H38N2+2. The van der Waals surface area contributed by atoms with E-state index in [0.29, 0.717) is 6.04 Å². The van der Waals surface area contributed by atoms with Crippen LogP contribution < -0.4 is 4.57 Å². The number of nitrogens with zero attached hydrogens (tertiary/aromatic N) is 2. The van der Waals surface area contributed by atoms with Crippen molar-refractivity contribution in [1.82, 2.24) is 0 Å². The summed E-state index contributed by atoms with van der Waals surface area (Å²) < 4.78 is 3.58. The van der Waals surface area contributed by atoms with Gasteiger partial charge >= 0.3 is 0 Å². The van der Waals surface area contributed by atoms with Crippen molar-refractivity contribution in [3.63, 3.8) is 0 Å². The zero-order valence-corrected chi connectivity index (χ0v) is 15.8. The average molecular weight is 319 g/mol. The predicted octanol–water partition coefficient (Wildman–Crippen LogP) is 5.03. The Morgan fingerprint density at radius 3 is 2.39 bits per heavy atom. The van der Waals surface area contributed by atoms with Gasteiger partial charge in [0.05, 0.1) is 26.2 Å². The Kier molecular flexibility index (Phi) is 7.55. The zero-order chi connectivity index (χ0) is 16.5. The van der Waals surface area contributed by atoms with Gasteiger partial charge in [-0.2, -0.15) is 0 Å². The van der Waals surface area contributed by atoms with Crippen molar-refractivity contribution in [3.05, 3.63) is 30.1 Å². The van der Waals surface area contributed by atoms with E-state index in [9.17, 15) is 0 Å². The smallest absolute Gasteiger partial charge is 0.177 e. The van der Waals surface area contributed by atoms with Crippen LogP contribution in [0.25, 0.3) is 0 Å². The van der Waals surface area contributed by atoms with Crippen LogP contribution in [0.5, 0.6) is 0 Å². The number of likely N-dealkylation sites (tertiary alicyclic amines) is 1. The number of aromatic nitrogens is 1. The summed E-state index contributed by atoms with van der Waals surface area (Å²) in [7, 11) is 4.76. The van der Waals surface area contributed by atoms with Gasteiger partial charge in [-0.15, -0.1) is 0 Å². The molecule has 0 saturated carbocycles. The third-order valence-electron chi connectivity index (χ3n) is 5.59. The van der Waals surface area contributed by atoms with Gasteiger partial charge in [0, 0.05) is 25.3 Å². The Bertz CT molecular complexity index is 453. The number of aryl methyl sites for hydroxylation is 1. The molecule has 0 N–H and O–H groups in total. The van der Waals surface area contributed by atoms with Crippen LogP contribution >= 0.6 is 0 Å². The standard InChI is InChI=1S/C21H38N2/c1-4-5-6-7-8-9-10-11-16-22-17-12-14-20(19-22)21-15-13-18-23(21,2)3/h12,14,17,19,21H,4-11,13,15-16,18H2,1-3H3/q+2/t21-/m0/s1. The molecule has 1 fully saturated rings. The van der Waals surface area contributed by atoms with Gasteiger partial charge < -0.3 is 4.48 Å². The fourth-order valence-corrected chi connectivity index (χ4v) is 4.07. The van der Waals surface area contributed by atoms with E-state index in [2.05, 4.69) is 50.1 Å². The van der Waals surface area contributed by atoms with Crippen molar-refractivity contribution in [2.75, 3.05) is 20.6 Å². The summed E-state index contributed by atoms with van der Waals surface area (Å²) in [5.41, 5.74) is 1.54. The van der Waals surface area contributed by atoms with E-state index in [1.807, 2.05) is 0 Å². The molecule has 2 rings (SSSR count). The second-order valence-corrected chi connectivity index (χ2v) is 8.01. The minimum absolute atomic E-state index is 0.695. The summed E-state index contributed by atoms with van der Waals surface area (Å²) in [6.45, 7) is 4.79. The van der Waals surface area contributed by atoms with Gasteiger partial charge in [0.1, 0.15) is 12.6 Å². The van der Waals surface area contributed by atoms with E-state index in [1.165, 1.54) is 82.9 Å². The van der Waals surface area contributed by atoms with Crippen LogP contribution in [0.15, 0.2) is 24.5 Å². The Hall–Kier alpha value is -0.890. The third kappa shape index (κ3) is 5.91. The highest BCUT2D eigenvalue weighted by Gasteiger charge is 2.36. The van der Waals surface area contributed by atoms with Gasteiger partial charge in [-0.3, -0.25) is 0 Å². The third-order valence-corrected chi connectivity index (χ3v) is 5.59. The Morgan fingerprint density at radius 2 is 1.74 bits per heavy atom.